The van der Waals surface area contributed by atoms with Gasteiger partial charge in [0.25, 0.3) is 0 Å². The first-order chi connectivity index (χ1) is 9.85. The molecule has 0 heterocycles. The number of esters is 1. The summed E-state index contributed by atoms with van der Waals surface area (Å²) < 4.78 is 32.4. The van der Waals surface area contributed by atoms with Crippen molar-refractivity contribution in [3.63, 3.8) is 0 Å². The van der Waals surface area contributed by atoms with Crippen LogP contribution < -0.4 is 10.5 Å². The minimum absolute atomic E-state index is 0.00940. The molecule has 0 amide bonds. The Morgan fingerprint density at radius 1 is 1.38 bits per heavy atom. The van der Waals surface area contributed by atoms with Crippen molar-refractivity contribution in [1.29, 1.82) is 0 Å². The smallest absolute Gasteiger partial charge is 0.339 e. The standard InChI is InChI=1S/C14H20N2O4S/c1-9-4-3-5-12(9)16-21(18,19)13-8-10(15)6-7-11(13)14(17)20-2/h6-9,12,16H,3-5,15H2,1-2H3. The fraction of sp³-hybridized carbons (Fsp3) is 0.500. The molecular formula is C14H20N2O4S. The van der Waals surface area contributed by atoms with E-state index in [-0.39, 0.29) is 28.1 Å². The van der Waals surface area contributed by atoms with Crippen LogP contribution in [-0.4, -0.2) is 27.5 Å². The molecule has 1 aromatic carbocycles. The Bertz CT molecular complexity index is 642. The molecule has 21 heavy (non-hydrogen) atoms. The maximum Gasteiger partial charge on any atom is 0.339 e. The second kappa shape index (κ2) is 6.03. The molecule has 6 nitrogen and oxygen atoms in total. The first-order valence-corrected chi connectivity index (χ1v) is 8.33. The van der Waals surface area contributed by atoms with E-state index in [9.17, 15) is 13.2 Å². The largest absolute Gasteiger partial charge is 0.465 e. The molecule has 0 aliphatic heterocycles. The molecule has 2 unspecified atom stereocenters. The molecule has 1 fully saturated rings. The lowest BCUT2D eigenvalue weighted by atomic mass is 10.1. The van der Waals surface area contributed by atoms with E-state index in [0.29, 0.717) is 0 Å². The number of sulfonamides is 1. The molecule has 2 rings (SSSR count). The molecular weight excluding hydrogens is 292 g/mol. The SMILES string of the molecule is COC(=O)c1ccc(N)cc1S(=O)(=O)NC1CCCC1C. The number of carbonyl (C=O) groups excluding carboxylic acids is 1. The summed E-state index contributed by atoms with van der Waals surface area (Å²) in [6, 6.07) is 4.02. The van der Waals surface area contributed by atoms with Crippen LogP contribution in [0.1, 0.15) is 36.5 Å². The van der Waals surface area contributed by atoms with Gasteiger partial charge in [0.15, 0.2) is 0 Å². The highest BCUT2D eigenvalue weighted by molar-refractivity contribution is 7.89. The van der Waals surface area contributed by atoms with Crippen molar-refractivity contribution >= 4 is 21.7 Å². The number of benzene rings is 1. The van der Waals surface area contributed by atoms with Crippen molar-refractivity contribution < 1.29 is 17.9 Å². The van der Waals surface area contributed by atoms with E-state index in [1.807, 2.05) is 6.92 Å². The fourth-order valence-corrected chi connectivity index (χ4v) is 4.23. The summed E-state index contributed by atoms with van der Waals surface area (Å²) in [5.41, 5.74) is 5.93. The number of nitrogen functional groups attached to an aromatic ring is 1. The van der Waals surface area contributed by atoms with Gasteiger partial charge in [0, 0.05) is 11.7 Å². The number of anilines is 1. The molecule has 1 aliphatic carbocycles. The second-order valence-electron chi connectivity index (χ2n) is 5.38. The number of nitrogens with one attached hydrogen (secondary N) is 1. The number of methoxy groups -OCH3 is 1. The molecule has 0 spiro atoms. The number of carbonyl (C=O) groups is 1. The Kier molecular flexibility index (Phi) is 4.53. The fourth-order valence-electron chi connectivity index (χ4n) is 2.62. The predicted molar refractivity (Wildman–Crippen MR) is 79.3 cm³/mol. The van der Waals surface area contributed by atoms with Crippen LogP contribution in [-0.2, 0) is 14.8 Å². The highest BCUT2D eigenvalue weighted by Gasteiger charge is 2.30. The van der Waals surface area contributed by atoms with Gasteiger partial charge in [-0.15, -0.1) is 0 Å². The molecule has 1 aliphatic rings. The van der Waals surface area contributed by atoms with E-state index in [4.69, 9.17) is 5.73 Å². The van der Waals surface area contributed by atoms with Gasteiger partial charge in [-0.2, -0.15) is 0 Å². The van der Waals surface area contributed by atoms with E-state index in [2.05, 4.69) is 9.46 Å². The molecule has 0 bridgehead atoms. The van der Waals surface area contributed by atoms with Gasteiger partial charge in [-0.05, 0) is 37.0 Å². The van der Waals surface area contributed by atoms with Gasteiger partial charge >= 0.3 is 5.97 Å². The van der Waals surface area contributed by atoms with Crippen LogP contribution in [0, 0.1) is 5.92 Å². The Morgan fingerprint density at radius 2 is 2.10 bits per heavy atom. The van der Waals surface area contributed by atoms with Crippen LogP contribution in [0.3, 0.4) is 0 Å². The maximum atomic E-state index is 12.6. The lowest BCUT2D eigenvalue weighted by Crippen LogP contribution is -2.37. The number of nitrogens with two attached hydrogens (primary N) is 1. The summed E-state index contributed by atoms with van der Waals surface area (Å²) in [5, 5.41) is 0. The third-order valence-corrected chi connectivity index (χ3v) is 5.40. The monoisotopic (exact) mass is 312 g/mol. The van der Waals surface area contributed by atoms with Crippen LogP contribution >= 0.6 is 0 Å². The summed E-state index contributed by atoms with van der Waals surface area (Å²) in [5.74, 6) is -0.419. The first kappa shape index (κ1) is 15.8. The Balaban J connectivity index is 2.39. The van der Waals surface area contributed by atoms with Crippen molar-refractivity contribution in [3.05, 3.63) is 23.8 Å². The number of hydrogen-bond donors (Lipinski definition) is 2. The summed E-state index contributed by atoms with van der Waals surface area (Å²) in [6.07, 6.45) is 2.79. The molecule has 2 atom stereocenters. The third-order valence-electron chi connectivity index (χ3n) is 3.87. The van der Waals surface area contributed by atoms with Crippen LogP contribution in [0.15, 0.2) is 23.1 Å². The van der Waals surface area contributed by atoms with E-state index in [1.54, 1.807) is 0 Å². The number of hydrogen-bond acceptors (Lipinski definition) is 5. The van der Waals surface area contributed by atoms with Crippen LogP contribution in [0.4, 0.5) is 5.69 Å². The van der Waals surface area contributed by atoms with Gasteiger partial charge in [-0.3, -0.25) is 0 Å². The normalized spacial score (nSPS) is 22.2. The van der Waals surface area contributed by atoms with Crippen LogP contribution in [0.2, 0.25) is 0 Å². The predicted octanol–water partition coefficient (Wildman–Crippen LogP) is 1.52. The first-order valence-electron chi connectivity index (χ1n) is 6.85. The van der Waals surface area contributed by atoms with Gasteiger partial charge in [0.2, 0.25) is 10.0 Å². The zero-order valence-corrected chi connectivity index (χ0v) is 12.9. The van der Waals surface area contributed by atoms with E-state index in [1.165, 1.54) is 25.3 Å². The molecule has 0 saturated heterocycles. The Morgan fingerprint density at radius 3 is 2.67 bits per heavy atom. The summed E-state index contributed by atoms with van der Waals surface area (Å²) >= 11 is 0. The van der Waals surface area contributed by atoms with Crippen LogP contribution in [0.25, 0.3) is 0 Å². The van der Waals surface area contributed by atoms with E-state index >= 15 is 0 Å². The van der Waals surface area contributed by atoms with E-state index < -0.39 is 16.0 Å². The van der Waals surface area contributed by atoms with Crippen molar-refractivity contribution in [3.8, 4) is 0 Å². The van der Waals surface area contributed by atoms with Gasteiger partial charge in [0.05, 0.1) is 17.6 Å². The van der Waals surface area contributed by atoms with E-state index in [0.717, 1.165) is 19.3 Å². The summed E-state index contributed by atoms with van der Waals surface area (Å²) in [7, 11) is -2.61. The average molecular weight is 312 g/mol. The van der Waals surface area contributed by atoms with Gasteiger partial charge < -0.3 is 10.5 Å². The van der Waals surface area contributed by atoms with Crippen molar-refractivity contribution in [1.82, 2.24) is 4.72 Å². The summed E-state index contributed by atoms with van der Waals surface area (Å²) in [6.45, 7) is 2.01. The highest BCUT2D eigenvalue weighted by atomic mass is 32.2. The number of rotatable bonds is 4. The molecule has 116 valence electrons. The third kappa shape index (κ3) is 3.36. The second-order valence-corrected chi connectivity index (χ2v) is 7.07. The molecule has 3 N–H and O–H groups in total. The minimum Gasteiger partial charge on any atom is -0.465 e. The average Bonchev–Trinajstić information content (AvgIpc) is 2.82. The zero-order chi connectivity index (χ0) is 15.6. The molecule has 1 aromatic rings. The molecule has 0 radical (unpaired) electrons. The lowest BCUT2D eigenvalue weighted by Gasteiger charge is -2.18. The van der Waals surface area contributed by atoms with Gasteiger partial charge in [-0.25, -0.2) is 17.9 Å². The van der Waals surface area contributed by atoms with Crippen molar-refractivity contribution in [2.45, 2.75) is 37.1 Å². The quantitative estimate of drug-likeness (QED) is 0.649. The van der Waals surface area contributed by atoms with Crippen LogP contribution in [0.5, 0.6) is 0 Å². The lowest BCUT2D eigenvalue weighted by molar-refractivity contribution is 0.0596. The highest BCUT2D eigenvalue weighted by Crippen LogP contribution is 2.27. The van der Waals surface area contributed by atoms with Gasteiger partial charge in [0.1, 0.15) is 0 Å². The summed E-state index contributed by atoms with van der Waals surface area (Å²) in [4.78, 5) is 11.6. The van der Waals surface area contributed by atoms with Crippen molar-refractivity contribution in [2.24, 2.45) is 5.92 Å². The van der Waals surface area contributed by atoms with Gasteiger partial charge in [-0.1, -0.05) is 13.3 Å². The molecule has 0 aromatic heterocycles. The zero-order valence-electron chi connectivity index (χ0n) is 12.1. The number of ether oxygens (including phenoxy) is 1. The Hall–Kier alpha value is -1.60. The minimum atomic E-state index is -3.82. The van der Waals surface area contributed by atoms with Crippen molar-refractivity contribution in [2.75, 3.05) is 12.8 Å². The molecule has 7 heteroatoms. The Labute approximate surface area is 124 Å². The topological polar surface area (TPSA) is 98.5 Å². The maximum absolute atomic E-state index is 12.6. The molecule has 1 saturated carbocycles.